The first-order chi connectivity index (χ1) is 9.78. The third-order valence-electron chi connectivity index (χ3n) is 4.29. The Morgan fingerprint density at radius 1 is 1.25 bits per heavy atom. The molecule has 2 nitrogen and oxygen atoms in total. The largest absolute Gasteiger partial charge is 0.381 e. The van der Waals surface area contributed by atoms with Gasteiger partial charge in [-0.05, 0) is 37.8 Å². The Labute approximate surface area is 125 Å². The van der Waals surface area contributed by atoms with Crippen LogP contribution in [0, 0.1) is 12.8 Å². The van der Waals surface area contributed by atoms with Gasteiger partial charge in [-0.1, -0.05) is 31.0 Å². The normalized spacial score (nSPS) is 22.9. The van der Waals surface area contributed by atoms with Crippen LogP contribution in [0.5, 0.6) is 0 Å². The number of nitrogens with one attached hydrogen (secondary N) is 1. The maximum absolute atomic E-state index is 6.14. The Morgan fingerprint density at radius 2 is 2.05 bits per heavy atom. The zero-order valence-corrected chi connectivity index (χ0v) is 12.7. The molecule has 1 saturated carbocycles. The highest BCUT2D eigenvalue weighted by molar-refractivity contribution is 6.18. The van der Waals surface area contributed by atoms with Crippen molar-refractivity contribution in [2.75, 3.05) is 11.2 Å². The van der Waals surface area contributed by atoms with Gasteiger partial charge in [0.1, 0.15) is 0 Å². The van der Waals surface area contributed by atoms with Crippen LogP contribution >= 0.6 is 11.6 Å². The maximum Gasteiger partial charge on any atom is 0.0725 e. The number of aromatic nitrogens is 1. The summed E-state index contributed by atoms with van der Waals surface area (Å²) in [6.45, 7) is 2.05. The maximum atomic E-state index is 6.14. The number of fused-ring (bicyclic) bond motifs is 1. The quantitative estimate of drug-likeness (QED) is 0.824. The Balaban J connectivity index is 1.93. The van der Waals surface area contributed by atoms with Crippen LogP contribution in [-0.4, -0.2) is 16.9 Å². The smallest absolute Gasteiger partial charge is 0.0725 e. The van der Waals surface area contributed by atoms with Gasteiger partial charge in [-0.25, -0.2) is 0 Å². The van der Waals surface area contributed by atoms with Crippen molar-refractivity contribution in [2.24, 2.45) is 5.92 Å². The van der Waals surface area contributed by atoms with Gasteiger partial charge in [-0.15, -0.1) is 11.6 Å². The Bertz CT molecular complexity index is 597. The summed E-state index contributed by atoms with van der Waals surface area (Å²) < 4.78 is 0. The molecule has 2 aromatic rings. The van der Waals surface area contributed by atoms with E-state index in [9.17, 15) is 0 Å². The molecule has 0 amide bonds. The molecule has 20 heavy (non-hydrogen) atoms. The van der Waals surface area contributed by atoms with Gasteiger partial charge >= 0.3 is 0 Å². The summed E-state index contributed by atoms with van der Waals surface area (Å²) in [6, 6.07) is 11.0. The highest BCUT2D eigenvalue weighted by atomic mass is 35.5. The first-order valence-electron chi connectivity index (χ1n) is 7.47. The molecule has 1 aromatic carbocycles. The molecule has 0 saturated heterocycles. The predicted octanol–water partition coefficient (Wildman–Crippen LogP) is 4.75. The fourth-order valence-corrected chi connectivity index (χ4v) is 3.58. The van der Waals surface area contributed by atoms with Crippen LogP contribution < -0.4 is 5.32 Å². The molecule has 106 valence electrons. The zero-order chi connectivity index (χ0) is 13.9. The summed E-state index contributed by atoms with van der Waals surface area (Å²) in [7, 11) is 0. The molecule has 1 heterocycles. The summed E-state index contributed by atoms with van der Waals surface area (Å²) in [5.41, 5.74) is 3.33. The van der Waals surface area contributed by atoms with Gasteiger partial charge in [0.05, 0.1) is 5.52 Å². The van der Waals surface area contributed by atoms with E-state index in [1.807, 2.05) is 6.07 Å². The lowest BCUT2D eigenvalue weighted by Gasteiger charge is -2.32. The molecule has 1 aliphatic carbocycles. The van der Waals surface area contributed by atoms with Gasteiger partial charge in [0, 0.05) is 28.7 Å². The minimum absolute atomic E-state index is 0.492. The molecule has 0 bridgehead atoms. The van der Waals surface area contributed by atoms with E-state index in [4.69, 9.17) is 11.6 Å². The fourth-order valence-electron chi connectivity index (χ4n) is 3.21. The molecule has 0 spiro atoms. The van der Waals surface area contributed by atoms with Crippen LogP contribution in [0.3, 0.4) is 0 Å². The standard InChI is InChI=1S/C17H21ClN2/c1-12-10-17(14-7-3-5-9-16(14)19-12)20-15-8-4-2-6-13(15)11-18/h3,5,7,9-10,13,15H,2,4,6,8,11H2,1H3,(H,19,20). The summed E-state index contributed by atoms with van der Waals surface area (Å²) in [4.78, 5) is 4.60. The third-order valence-corrected chi connectivity index (χ3v) is 4.69. The van der Waals surface area contributed by atoms with Crippen LogP contribution in [0.25, 0.3) is 10.9 Å². The van der Waals surface area contributed by atoms with Gasteiger partial charge in [-0.2, -0.15) is 0 Å². The lowest BCUT2D eigenvalue weighted by atomic mass is 9.85. The third kappa shape index (κ3) is 2.76. The summed E-state index contributed by atoms with van der Waals surface area (Å²) in [5.74, 6) is 1.33. The van der Waals surface area contributed by atoms with Crippen LogP contribution in [-0.2, 0) is 0 Å². The highest BCUT2D eigenvalue weighted by Crippen LogP contribution is 2.31. The van der Waals surface area contributed by atoms with Crippen molar-refractivity contribution in [1.29, 1.82) is 0 Å². The number of rotatable bonds is 3. The Morgan fingerprint density at radius 3 is 2.90 bits per heavy atom. The first kappa shape index (κ1) is 13.7. The fraction of sp³-hybridized carbons (Fsp3) is 0.471. The second-order valence-corrected chi connectivity index (χ2v) is 6.09. The van der Waals surface area contributed by atoms with E-state index in [1.54, 1.807) is 0 Å². The zero-order valence-electron chi connectivity index (χ0n) is 11.9. The number of alkyl halides is 1. The summed E-state index contributed by atoms with van der Waals surface area (Å²) >= 11 is 6.14. The molecule has 1 fully saturated rings. The topological polar surface area (TPSA) is 24.9 Å². The second-order valence-electron chi connectivity index (χ2n) is 5.78. The predicted molar refractivity (Wildman–Crippen MR) is 86.6 cm³/mol. The van der Waals surface area contributed by atoms with Crippen LogP contribution in [0.4, 0.5) is 5.69 Å². The number of pyridine rings is 1. The summed E-state index contributed by atoms with van der Waals surface area (Å²) in [5, 5.41) is 4.95. The van der Waals surface area contributed by atoms with Crippen LogP contribution in [0.2, 0.25) is 0 Å². The molecule has 3 rings (SSSR count). The second kappa shape index (κ2) is 6.01. The molecule has 1 aliphatic rings. The van der Waals surface area contributed by atoms with E-state index < -0.39 is 0 Å². The van der Waals surface area contributed by atoms with Crippen molar-refractivity contribution in [2.45, 2.75) is 38.6 Å². The molecular weight excluding hydrogens is 268 g/mol. The van der Waals surface area contributed by atoms with Crippen LogP contribution in [0.15, 0.2) is 30.3 Å². The first-order valence-corrected chi connectivity index (χ1v) is 8.00. The molecular formula is C17H21ClN2. The van der Waals surface area contributed by atoms with Gasteiger partial charge in [0.25, 0.3) is 0 Å². The number of hydrogen-bond acceptors (Lipinski definition) is 2. The molecule has 3 heteroatoms. The lowest BCUT2D eigenvalue weighted by molar-refractivity contribution is 0.353. The lowest BCUT2D eigenvalue weighted by Crippen LogP contribution is -2.33. The average molecular weight is 289 g/mol. The van der Waals surface area contributed by atoms with Crippen molar-refractivity contribution in [3.63, 3.8) is 0 Å². The van der Waals surface area contributed by atoms with Gasteiger partial charge in [0.15, 0.2) is 0 Å². The number of hydrogen-bond donors (Lipinski definition) is 1. The molecule has 2 unspecified atom stereocenters. The average Bonchev–Trinajstić information content (AvgIpc) is 2.47. The van der Waals surface area contributed by atoms with Crippen molar-refractivity contribution < 1.29 is 0 Å². The van der Waals surface area contributed by atoms with E-state index in [2.05, 4.69) is 41.5 Å². The van der Waals surface area contributed by atoms with Crippen molar-refractivity contribution in [3.05, 3.63) is 36.0 Å². The monoisotopic (exact) mass is 288 g/mol. The van der Waals surface area contributed by atoms with E-state index in [0.29, 0.717) is 12.0 Å². The Kier molecular flexibility index (Phi) is 4.11. The molecule has 2 atom stereocenters. The number of anilines is 1. The van der Waals surface area contributed by atoms with E-state index in [1.165, 1.54) is 36.8 Å². The number of aryl methyl sites for hydroxylation is 1. The number of para-hydroxylation sites is 1. The van der Waals surface area contributed by atoms with Crippen molar-refractivity contribution in [3.8, 4) is 0 Å². The van der Waals surface area contributed by atoms with Gasteiger partial charge in [-0.3, -0.25) is 4.98 Å². The highest BCUT2D eigenvalue weighted by Gasteiger charge is 2.24. The Hall–Kier alpha value is -1.28. The van der Waals surface area contributed by atoms with Crippen LogP contribution in [0.1, 0.15) is 31.4 Å². The number of nitrogens with zero attached hydrogens (tertiary/aromatic N) is 1. The van der Waals surface area contributed by atoms with E-state index >= 15 is 0 Å². The molecule has 1 N–H and O–H groups in total. The van der Waals surface area contributed by atoms with Crippen molar-refractivity contribution in [1.82, 2.24) is 4.98 Å². The minimum Gasteiger partial charge on any atom is -0.381 e. The van der Waals surface area contributed by atoms with Gasteiger partial charge in [0.2, 0.25) is 0 Å². The number of benzene rings is 1. The molecule has 0 radical (unpaired) electrons. The van der Waals surface area contributed by atoms with Crippen molar-refractivity contribution >= 4 is 28.2 Å². The molecule has 0 aliphatic heterocycles. The van der Waals surface area contributed by atoms with E-state index in [-0.39, 0.29) is 0 Å². The minimum atomic E-state index is 0.492. The summed E-state index contributed by atoms with van der Waals surface area (Å²) in [6.07, 6.45) is 5.06. The van der Waals surface area contributed by atoms with Gasteiger partial charge < -0.3 is 5.32 Å². The number of halogens is 1. The SMILES string of the molecule is Cc1cc(NC2CCCCC2CCl)c2ccccc2n1. The molecule has 1 aromatic heterocycles. The van der Waals surface area contributed by atoms with E-state index in [0.717, 1.165) is 17.1 Å².